The van der Waals surface area contributed by atoms with Gasteiger partial charge in [0.15, 0.2) is 0 Å². The van der Waals surface area contributed by atoms with Crippen LogP contribution in [-0.2, 0) is 17.1 Å². The lowest BCUT2D eigenvalue weighted by Crippen LogP contribution is -2.10. The number of phenols is 1. The molecule has 0 aromatic heterocycles. The number of benzene rings is 1. The van der Waals surface area contributed by atoms with E-state index in [1.54, 1.807) is 6.07 Å². The average molecular weight is 244 g/mol. The van der Waals surface area contributed by atoms with Gasteiger partial charge in [0.2, 0.25) is 0 Å². The van der Waals surface area contributed by atoms with E-state index in [0.717, 1.165) is 12.0 Å². The van der Waals surface area contributed by atoms with Crippen molar-refractivity contribution < 1.29 is 24.2 Å². The van der Waals surface area contributed by atoms with Gasteiger partial charge in [-0.15, -0.1) is 0 Å². The quantitative estimate of drug-likeness (QED) is 0.684. The number of hydrogen-bond donors (Lipinski definition) is 3. The van der Waals surface area contributed by atoms with Gasteiger partial charge in [0, 0.05) is 11.1 Å². The molecule has 5 nitrogen and oxygen atoms in total. The van der Waals surface area contributed by atoms with E-state index >= 15 is 0 Å². The Labute approximate surface area is 92.8 Å². The van der Waals surface area contributed by atoms with E-state index in [0.29, 0.717) is 24.3 Å². The topological polar surface area (TPSA) is 87.0 Å². The molecule has 1 aromatic rings. The van der Waals surface area contributed by atoms with E-state index in [1.807, 2.05) is 0 Å². The Morgan fingerprint density at radius 2 is 2.12 bits per heavy atom. The van der Waals surface area contributed by atoms with E-state index in [1.165, 1.54) is 6.07 Å². The molecule has 2 rings (SSSR count). The molecule has 0 spiro atoms. The van der Waals surface area contributed by atoms with Crippen LogP contribution in [0.15, 0.2) is 12.1 Å². The van der Waals surface area contributed by atoms with Crippen molar-refractivity contribution in [3.8, 4) is 11.5 Å². The molecule has 0 saturated carbocycles. The highest BCUT2D eigenvalue weighted by molar-refractivity contribution is 7.50. The maximum absolute atomic E-state index is 11.0. The number of ether oxygens (including phenoxy) is 1. The number of hydrogen-bond acceptors (Lipinski definition) is 3. The largest absolute Gasteiger partial charge is 0.508 e. The van der Waals surface area contributed by atoms with Crippen molar-refractivity contribution >= 4 is 7.60 Å². The summed E-state index contributed by atoms with van der Waals surface area (Å²) in [5.74, 6) is 0.542. The molecule has 6 heteroatoms. The van der Waals surface area contributed by atoms with Crippen LogP contribution < -0.4 is 4.74 Å². The van der Waals surface area contributed by atoms with Crippen LogP contribution in [0.4, 0.5) is 0 Å². The first-order valence-electron chi connectivity index (χ1n) is 4.98. The van der Waals surface area contributed by atoms with Gasteiger partial charge in [-0.05, 0) is 25.0 Å². The highest BCUT2D eigenvalue weighted by Gasteiger charge is 2.23. The zero-order valence-electron chi connectivity index (χ0n) is 8.59. The minimum absolute atomic E-state index is 0.0763. The van der Waals surface area contributed by atoms with Crippen LogP contribution in [0.2, 0.25) is 0 Å². The fourth-order valence-electron chi connectivity index (χ4n) is 1.88. The van der Waals surface area contributed by atoms with Crippen LogP contribution in [0.25, 0.3) is 0 Å². The Morgan fingerprint density at radius 3 is 2.81 bits per heavy atom. The first-order valence-corrected chi connectivity index (χ1v) is 6.78. The first-order chi connectivity index (χ1) is 7.47. The molecular formula is C10H13O5P. The molecule has 1 aliphatic rings. The third-order valence-electron chi connectivity index (χ3n) is 2.56. The lowest BCUT2D eigenvalue weighted by molar-refractivity contribution is 0.286. The summed E-state index contributed by atoms with van der Waals surface area (Å²) >= 11 is 0. The van der Waals surface area contributed by atoms with E-state index in [2.05, 4.69) is 0 Å². The van der Waals surface area contributed by atoms with Crippen molar-refractivity contribution in [3.05, 3.63) is 23.3 Å². The van der Waals surface area contributed by atoms with E-state index in [4.69, 9.17) is 14.5 Å². The Balaban J connectivity index is 2.46. The summed E-state index contributed by atoms with van der Waals surface area (Å²) in [6.07, 6.45) is 1.04. The molecule has 0 aliphatic carbocycles. The molecule has 0 atom stereocenters. The zero-order valence-corrected chi connectivity index (χ0v) is 9.48. The van der Waals surface area contributed by atoms with Crippen LogP contribution in [0, 0.1) is 0 Å². The maximum Gasteiger partial charge on any atom is 0.330 e. The molecule has 0 saturated heterocycles. The van der Waals surface area contributed by atoms with Gasteiger partial charge < -0.3 is 19.6 Å². The fourth-order valence-corrected chi connectivity index (χ4v) is 2.65. The summed E-state index contributed by atoms with van der Waals surface area (Å²) in [4.78, 5) is 17.9. The zero-order chi connectivity index (χ0) is 11.8. The summed E-state index contributed by atoms with van der Waals surface area (Å²) in [6.45, 7) is 0.604. The van der Waals surface area contributed by atoms with Crippen molar-refractivity contribution in [2.75, 3.05) is 6.61 Å². The molecule has 1 aliphatic heterocycles. The normalized spacial score (nSPS) is 15.4. The van der Waals surface area contributed by atoms with E-state index < -0.39 is 13.8 Å². The van der Waals surface area contributed by atoms with Gasteiger partial charge in [-0.2, -0.15) is 0 Å². The van der Waals surface area contributed by atoms with Crippen LogP contribution >= 0.6 is 7.60 Å². The second-order valence-electron chi connectivity index (χ2n) is 3.81. The molecule has 0 amide bonds. The summed E-state index contributed by atoms with van der Waals surface area (Å²) in [6, 6.07) is 3.04. The van der Waals surface area contributed by atoms with Crippen LogP contribution in [0.3, 0.4) is 0 Å². The molecule has 0 fully saturated rings. The third kappa shape index (κ3) is 2.38. The monoisotopic (exact) mass is 244 g/mol. The Hall–Kier alpha value is -1.03. The molecule has 3 N–H and O–H groups in total. The highest BCUT2D eigenvalue weighted by atomic mass is 31.2. The van der Waals surface area contributed by atoms with Crippen molar-refractivity contribution in [3.63, 3.8) is 0 Å². The first kappa shape index (κ1) is 11.5. The fraction of sp³-hybridized carbons (Fsp3) is 0.400. The van der Waals surface area contributed by atoms with Gasteiger partial charge in [0.05, 0.1) is 12.8 Å². The maximum atomic E-state index is 11.0. The summed E-state index contributed by atoms with van der Waals surface area (Å²) in [5, 5.41) is 9.63. The van der Waals surface area contributed by atoms with Gasteiger partial charge in [-0.1, -0.05) is 0 Å². The molecule has 0 unspecified atom stereocenters. The lowest BCUT2D eigenvalue weighted by atomic mass is 10.00. The Morgan fingerprint density at radius 1 is 1.38 bits per heavy atom. The Kier molecular flexibility index (Phi) is 2.93. The van der Waals surface area contributed by atoms with Gasteiger partial charge in [0.1, 0.15) is 11.5 Å². The van der Waals surface area contributed by atoms with Crippen molar-refractivity contribution in [1.29, 1.82) is 0 Å². The summed E-state index contributed by atoms with van der Waals surface area (Å²) < 4.78 is 16.4. The minimum atomic E-state index is -4.18. The van der Waals surface area contributed by atoms with Gasteiger partial charge in [0.25, 0.3) is 0 Å². The second kappa shape index (κ2) is 4.09. The number of phenolic OH excluding ortho intramolecular Hbond substituents is 1. The smallest absolute Gasteiger partial charge is 0.330 e. The second-order valence-corrected chi connectivity index (χ2v) is 5.46. The number of fused-ring (bicyclic) bond motifs is 1. The van der Waals surface area contributed by atoms with Crippen LogP contribution in [-0.4, -0.2) is 21.5 Å². The van der Waals surface area contributed by atoms with E-state index in [9.17, 15) is 9.67 Å². The standard InChI is InChI=1S/C10H13O5P/c11-9-3-4-10-7(2-1-5-15-10)8(9)6-16(12,13)14/h3-4,11H,1-2,5-6H2,(H2,12,13,14). The van der Waals surface area contributed by atoms with Gasteiger partial charge >= 0.3 is 7.60 Å². The van der Waals surface area contributed by atoms with Crippen LogP contribution in [0.5, 0.6) is 11.5 Å². The van der Waals surface area contributed by atoms with E-state index in [-0.39, 0.29) is 5.75 Å². The molecule has 1 heterocycles. The number of rotatable bonds is 2. The molecular weight excluding hydrogens is 231 g/mol. The predicted octanol–water partition coefficient (Wildman–Crippen LogP) is 1.39. The SMILES string of the molecule is O=P(O)(O)Cc1c(O)ccc2c1CCCO2. The average Bonchev–Trinajstić information content (AvgIpc) is 2.21. The minimum Gasteiger partial charge on any atom is -0.508 e. The summed E-state index contributed by atoms with van der Waals surface area (Å²) in [7, 11) is -4.18. The molecule has 0 bridgehead atoms. The third-order valence-corrected chi connectivity index (χ3v) is 3.28. The van der Waals surface area contributed by atoms with Gasteiger partial charge in [-0.25, -0.2) is 0 Å². The lowest BCUT2D eigenvalue weighted by Gasteiger charge is -2.21. The predicted molar refractivity (Wildman–Crippen MR) is 57.7 cm³/mol. The Bertz CT molecular complexity index is 451. The molecule has 0 radical (unpaired) electrons. The van der Waals surface area contributed by atoms with Crippen LogP contribution in [0.1, 0.15) is 17.5 Å². The van der Waals surface area contributed by atoms with Crippen molar-refractivity contribution in [1.82, 2.24) is 0 Å². The molecule has 1 aromatic carbocycles. The molecule has 88 valence electrons. The molecule has 16 heavy (non-hydrogen) atoms. The number of aromatic hydroxyl groups is 1. The van der Waals surface area contributed by atoms with Crippen molar-refractivity contribution in [2.24, 2.45) is 0 Å². The highest BCUT2D eigenvalue weighted by Crippen LogP contribution is 2.45. The van der Waals surface area contributed by atoms with Crippen molar-refractivity contribution in [2.45, 2.75) is 19.0 Å². The van der Waals surface area contributed by atoms with Gasteiger partial charge in [-0.3, -0.25) is 4.57 Å². The summed E-state index contributed by atoms with van der Waals surface area (Å²) in [5.41, 5.74) is 1.03.